The van der Waals surface area contributed by atoms with Crippen molar-refractivity contribution >= 4 is 59.0 Å². The van der Waals surface area contributed by atoms with Gasteiger partial charge in [0.1, 0.15) is 78.9 Å². The smallest absolute Gasteiger partial charge is 0.338 e. The lowest BCUT2D eigenvalue weighted by Gasteiger charge is -2.37. The Balaban J connectivity index is -0.000000314. The fourth-order valence-electron chi connectivity index (χ4n) is 11.9. The molecule has 119 heavy (non-hydrogen) atoms. The van der Waals surface area contributed by atoms with Crippen LogP contribution in [0.2, 0.25) is 0 Å². The summed E-state index contributed by atoms with van der Waals surface area (Å²) in [6.07, 6.45) is 8.90. The number of halogens is 6. The van der Waals surface area contributed by atoms with Gasteiger partial charge in [0.25, 0.3) is 0 Å². The zero-order valence-corrected chi connectivity index (χ0v) is 79.2. The summed E-state index contributed by atoms with van der Waals surface area (Å²) >= 11 is 9.28. The van der Waals surface area contributed by atoms with E-state index in [0.717, 1.165) is 132 Å². The second-order valence-electron chi connectivity index (χ2n) is 29.1. The van der Waals surface area contributed by atoms with Gasteiger partial charge in [-0.3, -0.25) is 17.6 Å². The van der Waals surface area contributed by atoms with Gasteiger partial charge in [0.15, 0.2) is 0 Å². The van der Waals surface area contributed by atoms with Crippen molar-refractivity contribution in [1.82, 2.24) is 0 Å². The number of hydrogen-bond donors (Lipinski definition) is 0. The third-order valence-corrected chi connectivity index (χ3v) is 19.7. The normalized spacial score (nSPS) is 10.8. The zero-order valence-electron chi connectivity index (χ0n) is 77.7. The first kappa shape index (κ1) is 122. The van der Waals surface area contributed by atoms with Gasteiger partial charge < -0.3 is 55.3 Å². The number of ether oxygens (including phenoxy) is 6. The summed E-state index contributed by atoms with van der Waals surface area (Å²) in [6.45, 7) is 48.0. The van der Waals surface area contributed by atoms with E-state index in [4.69, 9.17) is 28.4 Å². The van der Waals surface area contributed by atoms with E-state index >= 15 is 0 Å². The third-order valence-electron chi connectivity index (χ3n) is 19.7. The molecule has 0 bridgehead atoms. The first-order chi connectivity index (χ1) is 57.2. The first-order valence-electron chi connectivity index (χ1n) is 41.8. The highest BCUT2D eigenvalue weighted by Crippen LogP contribution is 2.15. The molecule has 0 radical (unpaired) electrons. The maximum Gasteiger partial charge on any atom is 0.338 e. The molecule has 1 unspecified atom stereocenters. The van der Waals surface area contributed by atoms with E-state index in [0.29, 0.717) is 102 Å². The molecule has 0 aliphatic carbocycles. The largest absolute Gasteiger partial charge is 0.456 e. The second kappa shape index (κ2) is 78.7. The van der Waals surface area contributed by atoms with E-state index in [1.807, 2.05) is 109 Å². The summed E-state index contributed by atoms with van der Waals surface area (Å²) in [5, 5.41) is 0. The summed E-state index contributed by atoms with van der Waals surface area (Å²) in [7, 11) is 14.4. The predicted octanol–water partition coefficient (Wildman–Crippen LogP) is 20.0. The molecule has 0 aromatic heterocycles. The highest BCUT2D eigenvalue weighted by molar-refractivity contribution is 6.15. The van der Waals surface area contributed by atoms with E-state index in [9.17, 15) is 46.3 Å². The first-order valence-corrected chi connectivity index (χ1v) is 43.3. The Kier molecular flexibility index (Phi) is 80.7. The lowest BCUT2D eigenvalue weighted by Crippen LogP contribution is -2.51. The number of benzene rings is 6. The van der Waals surface area contributed by atoms with E-state index in [2.05, 4.69) is 149 Å². The Morgan fingerprint density at radius 1 is 0.227 bits per heavy atom. The summed E-state index contributed by atoms with van der Waals surface area (Å²) in [5.41, 5.74) is 3.74. The topological polar surface area (TPSA) is 158 Å². The average molecular weight is 1730 g/mol. The number of nitrogens with zero attached hydrogens (tertiary/aromatic N) is 6. The van der Waals surface area contributed by atoms with Gasteiger partial charge in [-0.25, -0.2) is 28.8 Å². The van der Waals surface area contributed by atoms with Crippen molar-refractivity contribution in [3.8, 4) is 0 Å². The molecule has 0 aliphatic heterocycles. The molecule has 678 valence electrons. The van der Waals surface area contributed by atoms with Gasteiger partial charge in [0.2, 0.25) is 0 Å². The number of unbranched alkanes of at least 4 members (excludes halogenated alkanes) is 1. The number of alkyl halides is 6. The van der Waals surface area contributed by atoms with Crippen molar-refractivity contribution in [3.63, 3.8) is 0 Å². The number of carbonyl (C=O) groups is 6. The van der Waals surface area contributed by atoms with Crippen LogP contribution in [-0.4, -0.2) is 304 Å². The second-order valence-corrected chi connectivity index (χ2v) is 29.1. The number of esters is 6. The van der Waals surface area contributed by atoms with Gasteiger partial charge in [-0.05, 0) is 154 Å². The molecule has 6 aromatic carbocycles. The molecule has 0 heterocycles. The summed E-state index contributed by atoms with van der Waals surface area (Å²) < 4.78 is 75.6. The summed E-state index contributed by atoms with van der Waals surface area (Å²) in [6, 6.07) is 54.8. The van der Waals surface area contributed by atoms with Crippen LogP contribution in [0.1, 0.15) is 177 Å². The number of quaternary nitrogens is 6. The molecule has 0 aliphatic rings. The Labute approximate surface area is 728 Å². The van der Waals surface area contributed by atoms with Crippen LogP contribution in [0.4, 0.5) is 17.6 Å². The van der Waals surface area contributed by atoms with Crippen molar-refractivity contribution < 1.29 is 102 Å². The highest BCUT2D eigenvalue weighted by Gasteiger charge is 2.27. The average Bonchev–Trinajstić information content (AvgIpc) is 0.875. The van der Waals surface area contributed by atoms with Crippen LogP contribution in [0.5, 0.6) is 0 Å². The van der Waals surface area contributed by atoms with Crippen LogP contribution >= 0.6 is 23.2 Å². The minimum Gasteiger partial charge on any atom is -0.456 e. The fraction of sp³-hybridized carbons (Fsp3) is 0.558. The summed E-state index contributed by atoms with van der Waals surface area (Å²) in [5.74, 6) is -1.37. The number of carbonyl (C=O) groups excluding carboxylic acids is 6. The SMILES string of the molecule is CCCC[N+](CC)(CCC)CCOC(=O)c1ccccc1.CCC[N+](CC)(CCC)CCOC(=O)c1ccccc1.CC[N+](CC)(CC)CCOC(=O)c1ccccc1.CC[N+](CC)(CC)CCOC(=O)c1ccccc1.CCl.CCl.CF.CF.CF.CF.C[N+](C)(C)CCOC(=O)c1ccccc1.C[N+](C)(C)CCOC(=O)c1ccccc1. The molecule has 0 fully saturated rings. The molecular formula is C95H160Cl2F4N6O12+6. The van der Waals surface area contributed by atoms with E-state index < -0.39 is 0 Å². The predicted molar refractivity (Wildman–Crippen MR) is 488 cm³/mol. The van der Waals surface area contributed by atoms with Crippen LogP contribution in [0.25, 0.3) is 0 Å². The minimum absolute atomic E-state index is 0.211. The van der Waals surface area contributed by atoms with Crippen molar-refractivity contribution in [2.45, 2.75) is 115 Å². The summed E-state index contributed by atoms with van der Waals surface area (Å²) in [4.78, 5) is 70.4. The van der Waals surface area contributed by atoms with Crippen molar-refractivity contribution in [3.05, 3.63) is 215 Å². The molecule has 0 amide bonds. The van der Waals surface area contributed by atoms with Crippen LogP contribution in [-0.2, 0) is 28.4 Å². The molecule has 0 spiro atoms. The fourth-order valence-corrected chi connectivity index (χ4v) is 11.9. The number of rotatable bonds is 41. The third kappa shape index (κ3) is 59.5. The van der Waals surface area contributed by atoms with E-state index in [-0.39, 0.29) is 35.8 Å². The number of hydrogen-bond acceptors (Lipinski definition) is 12. The molecular weight excluding hydrogens is 1560 g/mol. The van der Waals surface area contributed by atoms with Crippen LogP contribution < -0.4 is 0 Å². The van der Waals surface area contributed by atoms with Crippen LogP contribution in [0, 0.1) is 0 Å². The maximum absolute atomic E-state index is 12.0. The van der Waals surface area contributed by atoms with Crippen molar-refractivity contribution in [2.24, 2.45) is 0 Å². The van der Waals surface area contributed by atoms with Crippen molar-refractivity contribution in [2.75, 3.05) is 241 Å². The van der Waals surface area contributed by atoms with Gasteiger partial charge in [-0.2, -0.15) is 0 Å². The van der Waals surface area contributed by atoms with Gasteiger partial charge in [-0.1, -0.05) is 143 Å². The Morgan fingerprint density at radius 2 is 0.378 bits per heavy atom. The highest BCUT2D eigenvalue weighted by atomic mass is 35.5. The molecule has 1 atom stereocenters. The Bertz CT molecular complexity index is 3150. The minimum atomic E-state index is -0.246. The van der Waals surface area contributed by atoms with E-state index in [1.165, 1.54) is 58.0 Å². The monoisotopic (exact) mass is 1720 g/mol. The lowest BCUT2D eigenvalue weighted by molar-refractivity contribution is -0.926. The van der Waals surface area contributed by atoms with Gasteiger partial charge in [-0.15, -0.1) is 23.2 Å². The molecule has 6 aromatic rings. The lowest BCUT2D eigenvalue weighted by atomic mass is 10.2. The molecule has 0 N–H and O–H groups in total. The quantitative estimate of drug-likeness (QED) is 0.0118. The zero-order chi connectivity index (χ0) is 91.9. The van der Waals surface area contributed by atoms with Gasteiger partial charge >= 0.3 is 35.8 Å². The standard InChI is InChI=1S/C18H30NO2.C17H28NO2.2C15H24NO2.2C12H18NO2.2CH3Cl.4CH3F/c1-4-7-14-19(6-3,13-5-2)15-16-21-18(20)17-11-9-8-10-12-17;1-4-12-18(6-3,13-5-2)14-15-20-17(19)16-10-8-7-9-11-16;2*1-4-16(5-2,6-3)12-13-18-15(17)14-10-8-7-9-11-14;2*1-13(2,3)9-10-15-12(14)11-7-5-4-6-8-11;6*1-2/h8-12H,4-7,13-16H2,1-3H3;7-11H,4-6,12-15H2,1-3H3;2*7-11H,4-6,12-13H2,1-3H3;2*4-8H,9-10H2,1-3H3;6*1H3/q6*+1;;;;;;. The van der Waals surface area contributed by atoms with Crippen LogP contribution in [0.15, 0.2) is 182 Å². The molecule has 6 rings (SSSR count). The molecule has 0 saturated carbocycles. The molecule has 18 nitrogen and oxygen atoms in total. The van der Waals surface area contributed by atoms with Crippen LogP contribution in [0.3, 0.4) is 0 Å². The van der Waals surface area contributed by atoms with E-state index in [1.54, 1.807) is 72.8 Å². The Morgan fingerprint density at radius 3 is 0.521 bits per heavy atom. The molecule has 24 heteroatoms. The molecule has 0 saturated heterocycles. The Hall–Kier alpha value is -7.80. The van der Waals surface area contributed by atoms with Crippen molar-refractivity contribution in [1.29, 1.82) is 0 Å². The van der Waals surface area contributed by atoms with Gasteiger partial charge in [0.05, 0.1) is 183 Å². The number of likely N-dealkylation sites (N-methyl/N-ethyl adjacent to an activating group) is 6. The van der Waals surface area contributed by atoms with Gasteiger partial charge in [0, 0.05) is 12.8 Å². The maximum atomic E-state index is 12.0.